The lowest BCUT2D eigenvalue weighted by molar-refractivity contribution is -0.143. The Bertz CT molecular complexity index is 1080. The maximum atomic E-state index is 13.7. The first-order valence-corrected chi connectivity index (χ1v) is 13.0. The Hall–Kier alpha value is -3.29. The molecule has 0 aromatic carbocycles. The van der Waals surface area contributed by atoms with Crippen LogP contribution in [0.3, 0.4) is 0 Å². The van der Waals surface area contributed by atoms with E-state index in [2.05, 4.69) is 31.8 Å². The number of hydrogen-bond donors (Lipinski definition) is 1. The van der Waals surface area contributed by atoms with Gasteiger partial charge in [0.2, 0.25) is 17.7 Å². The molecule has 1 aromatic rings. The number of aromatic nitrogens is 3. The summed E-state index contributed by atoms with van der Waals surface area (Å²) in [5, 5.41) is 19.9. The Morgan fingerprint density at radius 2 is 2.03 bits per heavy atom. The van der Waals surface area contributed by atoms with E-state index in [4.69, 9.17) is 6.42 Å². The third kappa shape index (κ3) is 5.74. The maximum Gasteiger partial charge on any atom is 0.249 e. The predicted molar refractivity (Wildman–Crippen MR) is 129 cm³/mol. The van der Waals surface area contributed by atoms with Crippen LogP contribution in [0.15, 0.2) is 16.4 Å². The monoisotopic (exact) mass is 494 g/mol. The van der Waals surface area contributed by atoms with Crippen molar-refractivity contribution in [1.29, 1.82) is 0 Å². The van der Waals surface area contributed by atoms with Crippen LogP contribution >= 0.6 is 0 Å². The summed E-state index contributed by atoms with van der Waals surface area (Å²) in [6, 6.07) is -0.826. The summed E-state index contributed by atoms with van der Waals surface area (Å²) in [7, 11) is 1.76. The lowest BCUT2D eigenvalue weighted by atomic mass is 10.00. The second-order valence-corrected chi connectivity index (χ2v) is 10.7. The second kappa shape index (κ2) is 9.99. The zero-order valence-corrected chi connectivity index (χ0v) is 20.8. The van der Waals surface area contributed by atoms with E-state index in [0.29, 0.717) is 43.8 Å². The number of amides is 3. The average molecular weight is 495 g/mol. The second-order valence-electron chi connectivity index (χ2n) is 10.7. The molecule has 1 N–H and O–H groups in total. The van der Waals surface area contributed by atoms with Gasteiger partial charge in [0.15, 0.2) is 11.7 Å². The van der Waals surface area contributed by atoms with Crippen LogP contribution in [0.1, 0.15) is 69.5 Å². The van der Waals surface area contributed by atoms with E-state index >= 15 is 0 Å². The molecule has 192 valence electrons. The molecule has 2 unspecified atom stereocenters. The standard InChI is InChI=1S/C25H34N8O3/c1-3-4-11-25(28-29-25)12-9-21(34)33(15-18-10-13-31(2)24(18)36)22(23(35)26-19-7-8-19)20-16-32(30-27-20)14-17-5-6-17/h1,16-19,22H,4-15H2,2H3,(H,26,35). The van der Waals surface area contributed by atoms with E-state index in [-0.39, 0.29) is 42.6 Å². The van der Waals surface area contributed by atoms with E-state index in [1.807, 2.05) is 0 Å². The fourth-order valence-electron chi connectivity index (χ4n) is 4.81. The van der Waals surface area contributed by atoms with Crippen LogP contribution in [0.25, 0.3) is 0 Å². The first kappa shape index (κ1) is 24.4. The van der Waals surface area contributed by atoms with Crippen LogP contribution in [-0.4, -0.2) is 74.4 Å². The summed E-state index contributed by atoms with van der Waals surface area (Å²) < 4.78 is 1.76. The van der Waals surface area contributed by atoms with Gasteiger partial charge in [0.1, 0.15) is 5.69 Å². The zero-order valence-electron chi connectivity index (χ0n) is 20.8. The van der Waals surface area contributed by atoms with Gasteiger partial charge in [0.05, 0.1) is 12.1 Å². The molecule has 1 aromatic heterocycles. The van der Waals surface area contributed by atoms with Crippen molar-refractivity contribution < 1.29 is 14.4 Å². The van der Waals surface area contributed by atoms with E-state index in [1.54, 1.807) is 27.7 Å². The van der Waals surface area contributed by atoms with Crippen molar-refractivity contribution in [3.63, 3.8) is 0 Å². The first-order chi connectivity index (χ1) is 17.4. The van der Waals surface area contributed by atoms with Crippen LogP contribution in [0.4, 0.5) is 0 Å². The Kier molecular flexibility index (Phi) is 6.77. The Morgan fingerprint density at radius 3 is 2.64 bits per heavy atom. The summed E-state index contributed by atoms with van der Waals surface area (Å²) in [4.78, 5) is 43.2. The van der Waals surface area contributed by atoms with Crippen molar-refractivity contribution in [2.45, 2.75) is 82.1 Å². The van der Waals surface area contributed by atoms with E-state index in [1.165, 1.54) is 12.8 Å². The van der Waals surface area contributed by atoms with Gasteiger partial charge in [-0.05, 0) is 38.0 Å². The molecule has 3 fully saturated rings. The lowest BCUT2D eigenvalue weighted by Gasteiger charge is -2.32. The Balaban J connectivity index is 1.38. The number of likely N-dealkylation sites (tertiary alicyclic amines) is 1. The van der Waals surface area contributed by atoms with Crippen molar-refractivity contribution in [3.05, 3.63) is 11.9 Å². The van der Waals surface area contributed by atoms with Crippen molar-refractivity contribution in [1.82, 2.24) is 30.1 Å². The molecule has 1 saturated heterocycles. The molecule has 0 bridgehead atoms. The molecule has 2 atom stereocenters. The predicted octanol–water partition coefficient (Wildman–Crippen LogP) is 1.67. The van der Waals surface area contributed by atoms with Gasteiger partial charge in [0.25, 0.3) is 0 Å². The van der Waals surface area contributed by atoms with Gasteiger partial charge < -0.3 is 15.1 Å². The maximum absolute atomic E-state index is 13.7. The molecule has 2 aliphatic carbocycles. The number of nitrogens with one attached hydrogen (secondary N) is 1. The SMILES string of the molecule is C#CCCC1(CCC(=O)N(CC2CCN(C)C2=O)C(C(=O)NC2CC2)c2cn(CC3CC3)nn2)N=N1. The fourth-order valence-corrected chi connectivity index (χ4v) is 4.81. The lowest BCUT2D eigenvalue weighted by Crippen LogP contribution is -2.47. The quantitative estimate of drug-likeness (QED) is 0.418. The van der Waals surface area contributed by atoms with Crippen molar-refractivity contribution in [3.8, 4) is 12.3 Å². The molecule has 2 saturated carbocycles. The van der Waals surface area contributed by atoms with Crippen LogP contribution in [0.2, 0.25) is 0 Å². The Morgan fingerprint density at radius 1 is 1.25 bits per heavy atom. The van der Waals surface area contributed by atoms with E-state index < -0.39 is 11.7 Å². The largest absolute Gasteiger partial charge is 0.351 e. The minimum Gasteiger partial charge on any atom is -0.351 e. The first-order valence-electron chi connectivity index (χ1n) is 13.0. The average Bonchev–Trinajstić information content (AvgIpc) is 3.78. The van der Waals surface area contributed by atoms with Gasteiger partial charge in [0, 0.05) is 58.4 Å². The van der Waals surface area contributed by atoms with Crippen LogP contribution < -0.4 is 5.32 Å². The van der Waals surface area contributed by atoms with Gasteiger partial charge in [-0.3, -0.25) is 19.1 Å². The third-order valence-electron chi connectivity index (χ3n) is 7.53. The number of nitrogens with zero attached hydrogens (tertiary/aromatic N) is 7. The van der Waals surface area contributed by atoms with Crippen molar-refractivity contribution in [2.75, 3.05) is 20.1 Å². The molecule has 0 radical (unpaired) electrons. The molecular weight excluding hydrogens is 460 g/mol. The van der Waals surface area contributed by atoms with Gasteiger partial charge in [-0.1, -0.05) is 5.21 Å². The van der Waals surface area contributed by atoms with E-state index in [9.17, 15) is 14.4 Å². The van der Waals surface area contributed by atoms with Crippen LogP contribution in [0, 0.1) is 24.2 Å². The Labute approximate surface area is 211 Å². The van der Waals surface area contributed by atoms with E-state index in [0.717, 1.165) is 19.4 Å². The number of carbonyl (C=O) groups is 3. The highest BCUT2D eigenvalue weighted by Crippen LogP contribution is 2.38. The molecule has 5 rings (SSSR count). The topological polar surface area (TPSA) is 125 Å². The number of carbonyl (C=O) groups excluding carboxylic acids is 3. The van der Waals surface area contributed by atoms with Crippen molar-refractivity contribution in [2.24, 2.45) is 22.1 Å². The normalized spacial score (nSPS) is 22.8. The highest BCUT2D eigenvalue weighted by Gasteiger charge is 2.43. The smallest absolute Gasteiger partial charge is 0.249 e. The molecule has 2 aliphatic heterocycles. The number of rotatable bonds is 13. The highest BCUT2D eigenvalue weighted by atomic mass is 16.2. The molecule has 11 heteroatoms. The van der Waals surface area contributed by atoms with Gasteiger partial charge in [-0.15, -0.1) is 17.4 Å². The fraction of sp³-hybridized carbons (Fsp3) is 0.720. The molecule has 3 amide bonds. The van der Waals surface area contributed by atoms with Gasteiger partial charge in [-0.2, -0.15) is 10.2 Å². The molecule has 36 heavy (non-hydrogen) atoms. The van der Waals surface area contributed by atoms with Crippen molar-refractivity contribution >= 4 is 17.7 Å². The van der Waals surface area contributed by atoms with Crippen LogP contribution in [0.5, 0.6) is 0 Å². The molecule has 0 spiro atoms. The molecule has 4 aliphatic rings. The third-order valence-corrected chi connectivity index (χ3v) is 7.53. The number of hydrogen-bond acceptors (Lipinski definition) is 7. The van der Waals surface area contributed by atoms with Gasteiger partial charge >= 0.3 is 0 Å². The summed E-state index contributed by atoms with van der Waals surface area (Å²) in [5.74, 6) is 2.33. The summed E-state index contributed by atoms with van der Waals surface area (Å²) in [6.07, 6.45) is 13.7. The molecule has 11 nitrogen and oxygen atoms in total. The minimum atomic E-state index is -0.945. The highest BCUT2D eigenvalue weighted by molar-refractivity contribution is 5.89. The zero-order chi connectivity index (χ0) is 25.3. The molecule has 3 heterocycles. The van der Waals surface area contributed by atoms with Gasteiger partial charge in [-0.25, -0.2) is 0 Å². The summed E-state index contributed by atoms with van der Waals surface area (Å²) >= 11 is 0. The molecular formula is C25H34N8O3. The van der Waals surface area contributed by atoms with Crippen LogP contribution in [-0.2, 0) is 20.9 Å². The summed E-state index contributed by atoms with van der Waals surface area (Å²) in [5.41, 5.74) is -0.167. The summed E-state index contributed by atoms with van der Waals surface area (Å²) in [6.45, 7) is 1.55. The minimum absolute atomic E-state index is 0.00998. The number of terminal acetylenes is 1.